The van der Waals surface area contributed by atoms with Crippen molar-refractivity contribution in [1.29, 1.82) is 5.26 Å². The number of unbranched alkanes of at least 4 members (excludes halogenated alkanes) is 2. The Morgan fingerprint density at radius 1 is 1.41 bits per heavy atom. The molecule has 6 heteroatoms. The van der Waals surface area contributed by atoms with E-state index in [4.69, 9.17) is 10.4 Å². The van der Waals surface area contributed by atoms with Gasteiger partial charge in [-0.05, 0) is 30.8 Å². The Morgan fingerprint density at radius 2 is 2.12 bits per heavy atom. The van der Waals surface area contributed by atoms with Gasteiger partial charge in [0.2, 0.25) is 5.91 Å². The molecule has 0 radical (unpaired) electrons. The van der Waals surface area contributed by atoms with Crippen molar-refractivity contribution >= 4 is 23.6 Å². The molecule has 1 unspecified atom stereocenters. The van der Waals surface area contributed by atoms with Crippen LogP contribution in [0.2, 0.25) is 0 Å². The lowest BCUT2D eigenvalue weighted by Gasteiger charge is -2.12. The fraction of sp³-hybridized carbons (Fsp3) is 0.727. The van der Waals surface area contributed by atoms with Crippen LogP contribution in [0.4, 0.5) is 0 Å². The number of nitrogens with zero attached hydrogens (tertiary/aromatic N) is 1. The average molecular weight is 258 g/mol. The summed E-state index contributed by atoms with van der Waals surface area (Å²) in [4.78, 5) is 21.5. The van der Waals surface area contributed by atoms with Crippen LogP contribution in [-0.4, -0.2) is 34.5 Å². The number of carbonyl (C=O) groups is 2. The second-order valence-corrected chi connectivity index (χ2v) is 4.83. The van der Waals surface area contributed by atoms with Gasteiger partial charge in [0.1, 0.15) is 6.04 Å². The molecule has 0 aromatic rings. The Balaban J connectivity index is 3.59. The van der Waals surface area contributed by atoms with Crippen LogP contribution in [0.3, 0.4) is 0 Å². The summed E-state index contributed by atoms with van der Waals surface area (Å²) in [7, 11) is 0. The number of thioether (sulfide) groups is 1. The van der Waals surface area contributed by atoms with Crippen molar-refractivity contribution in [2.45, 2.75) is 38.6 Å². The van der Waals surface area contributed by atoms with Gasteiger partial charge in [-0.25, -0.2) is 4.79 Å². The summed E-state index contributed by atoms with van der Waals surface area (Å²) >= 11 is 1.65. The summed E-state index contributed by atoms with van der Waals surface area (Å²) in [5.74, 6) is 0.305. The van der Waals surface area contributed by atoms with E-state index in [2.05, 4.69) is 11.4 Å². The van der Waals surface area contributed by atoms with Crippen molar-refractivity contribution in [3.8, 4) is 6.07 Å². The third-order valence-corrected chi connectivity index (χ3v) is 3.16. The molecule has 1 atom stereocenters. The lowest BCUT2D eigenvalue weighted by molar-refractivity contribution is -0.141. The predicted octanol–water partition coefficient (Wildman–Crippen LogP) is 1.39. The minimum absolute atomic E-state index is 0.323. The summed E-state index contributed by atoms with van der Waals surface area (Å²) < 4.78 is 0. The van der Waals surface area contributed by atoms with Gasteiger partial charge in [-0.3, -0.25) is 4.79 Å². The molecule has 0 rings (SSSR count). The molecular weight excluding hydrogens is 240 g/mol. The van der Waals surface area contributed by atoms with Crippen LogP contribution in [0.15, 0.2) is 0 Å². The molecule has 1 amide bonds. The molecule has 0 saturated carbocycles. The third kappa shape index (κ3) is 9.69. The van der Waals surface area contributed by atoms with Crippen molar-refractivity contribution in [3.05, 3.63) is 0 Å². The Labute approximate surface area is 106 Å². The van der Waals surface area contributed by atoms with Crippen molar-refractivity contribution in [2.75, 3.05) is 11.5 Å². The van der Waals surface area contributed by atoms with Gasteiger partial charge in [-0.15, -0.1) is 0 Å². The van der Waals surface area contributed by atoms with Crippen LogP contribution >= 0.6 is 11.8 Å². The molecule has 0 bridgehead atoms. The largest absolute Gasteiger partial charge is 0.480 e. The highest BCUT2D eigenvalue weighted by Crippen LogP contribution is 2.09. The molecule has 2 N–H and O–H groups in total. The minimum Gasteiger partial charge on any atom is -0.480 e. The molecule has 0 fully saturated rings. The first-order chi connectivity index (χ1) is 8.07. The highest BCUT2D eigenvalue weighted by molar-refractivity contribution is 7.99. The number of hydrogen-bond acceptors (Lipinski definition) is 4. The first-order valence-corrected chi connectivity index (χ1v) is 6.68. The maximum atomic E-state index is 10.8. The number of carboxylic acids is 1. The van der Waals surface area contributed by atoms with Crippen molar-refractivity contribution in [3.63, 3.8) is 0 Å². The van der Waals surface area contributed by atoms with Gasteiger partial charge < -0.3 is 10.4 Å². The molecule has 0 aromatic carbocycles. The second kappa shape index (κ2) is 9.97. The van der Waals surface area contributed by atoms with Gasteiger partial charge in [0.15, 0.2) is 0 Å². The summed E-state index contributed by atoms with van der Waals surface area (Å²) in [6.45, 7) is 1.31. The van der Waals surface area contributed by atoms with E-state index in [1.54, 1.807) is 11.8 Å². The lowest BCUT2D eigenvalue weighted by atomic mass is 10.2. The monoisotopic (exact) mass is 258 g/mol. The zero-order chi connectivity index (χ0) is 13.1. The van der Waals surface area contributed by atoms with E-state index in [9.17, 15) is 9.59 Å². The van der Waals surface area contributed by atoms with Gasteiger partial charge in [0.05, 0.1) is 6.07 Å². The van der Waals surface area contributed by atoms with Gasteiger partial charge >= 0.3 is 5.97 Å². The van der Waals surface area contributed by atoms with Gasteiger partial charge in [-0.2, -0.15) is 17.0 Å². The topological polar surface area (TPSA) is 90.2 Å². The summed E-state index contributed by atoms with van der Waals surface area (Å²) in [6.07, 6.45) is 2.86. The Morgan fingerprint density at radius 3 is 2.65 bits per heavy atom. The van der Waals surface area contributed by atoms with E-state index in [-0.39, 0.29) is 5.91 Å². The van der Waals surface area contributed by atoms with E-state index in [0.29, 0.717) is 18.6 Å². The van der Waals surface area contributed by atoms with Crippen LogP contribution in [0.1, 0.15) is 32.6 Å². The first kappa shape index (κ1) is 15.8. The van der Waals surface area contributed by atoms with E-state index in [1.165, 1.54) is 6.92 Å². The number of amides is 1. The zero-order valence-corrected chi connectivity index (χ0v) is 10.8. The highest BCUT2D eigenvalue weighted by atomic mass is 32.2. The lowest BCUT2D eigenvalue weighted by Crippen LogP contribution is -2.39. The third-order valence-electron chi connectivity index (χ3n) is 2.05. The fourth-order valence-corrected chi connectivity index (χ4v) is 2.23. The number of nitrogens with one attached hydrogen (secondary N) is 1. The summed E-state index contributed by atoms with van der Waals surface area (Å²) in [5.41, 5.74) is 0. The Bertz CT molecular complexity index is 289. The zero-order valence-electron chi connectivity index (χ0n) is 9.94. The van der Waals surface area contributed by atoms with Gasteiger partial charge in [0, 0.05) is 13.3 Å². The van der Waals surface area contributed by atoms with Crippen LogP contribution in [0, 0.1) is 11.3 Å². The quantitative estimate of drug-likeness (QED) is 0.610. The predicted molar refractivity (Wildman–Crippen MR) is 66.6 cm³/mol. The normalized spacial score (nSPS) is 11.5. The minimum atomic E-state index is -0.995. The molecule has 96 valence electrons. The van der Waals surface area contributed by atoms with Crippen LogP contribution in [0.25, 0.3) is 0 Å². The number of nitriles is 1. The average Bonchev–Trinajstić information content (AvgIpc) is 2.25. The van der Waals surface area contributed by atoms with E-state index in [1.807, 2.05) is 0 Å². The smallest absolute Gasteiger partial charge is 0.326 e. The Kier molecular flexibility index (Phi) is 9.25. The Hall–Kier alpha value is -1.22. The first-order valence-electron chi connectivity index (χ1n) is 5.52. The number of rotatable bonds is 9. The van der Waals surface area contributed by atoms with Crippen molar-refractivity contribution in [2.24, 2.45) is 0 Å². The summed E-state index contributed by atoms with van der Waals surface area (Å²) in [5, 5.41) is 19.6. The van der Waals surface area contributed by atoms with Crippen LogP contribution in [-0.2, 0) is 9.59 Å². The van der Waals surface area contributed by atoms with Crippen LogP contribution in [0.5, 0.6) is 0 Å². The molecular formula is C11H18N2O3S. The number of carbonyl (C=O) groups excluding carboxylic acids is 1. The molecule has 17 heavy (non-hydrogen) atoms. The van der Waals surface area contributed by atoms with Crippen molar-refractivity contribution in [1.82, 2.24) is 5.32 Å². The van der Waals surface area contributed by atoms with Crippen LogP contribution < -0.4 is 5.32 Å². The number of carboxylic acid groups (broad SMARTS) is 1. The van der Waals surface area contributed by atoms with E-state index >= 15 is 0 Å². The molecule has 0 aliphatic heterocycles. The maximum Gasteiger partial charge on any atom is 0.326 e. The summed E-state index contributed by atoms with van der Waals surface area (Å²) in [6, 6.07) is 1.29. The van der Waals surface area contributed by atoms with Gasteiger partial charge in [-0.1, -0.05) is 0 Å². The standard InChI is InChI=1S/C11H18N2O3S/c1-9(14)13-10(11(15)16)5-8-17-7-4-2-3-6-12/h10H,2-5,7-8H2,1H3,(H,13,14)(H,15,16). The molecule has 0 aliphatic carbocycles. The molecule has 0 spiro atoms. The van der Waals surface area contributed by atoms with E-state index < -0.39 is 12.0 Å². The highest BCUT2D eigenvalue weighted by Gasteiger charge is 2.17. The molecule has 0 saturated heterocycles. The number of hydrogen-bond donors (Lipinski definition) is 2. The van der Waals surface area contributed by atoms with E-state index in [0.717, 1.165) is 18.6 Å². The second-order valence-electron chi connectivity index (χ2n) is 3.61. The van der Waals surface area contributed by atoms with Crippen molar-refractivity contribution < 1.29 is 14.7 Å². The molecule has 0 aliphatic rings. The molecule has 0 heterocycles. The number of aliphatic carboxylic acids is 1. The van der Waals surface area contributed by atoms with Gasteiger partial charge in [0.25, 0.3) is 0 Å². The maximum absolute atomic E-state index is 10.8. The SMILES string of the molecule is CC(=O)NC(CCSCCCCC#N)C(=O)O. The fourth-order valence-electron chi connectivity index (χ4n) is 1.21. The molecule has 5 nitrogen and oxygen atoms in total. The molecule has 0 aromatic heterocycles.